The molecule has 1 aliphatic rings. The van der Waals surface area contributed by atoms with Crippen molar-refractivity contribution in [1.82, 2.24) is 14.7 Å². The number of amides is 1. The summed E-state index contributed by atoms with van der Waals surface area (Å²) in [7, 11) is 6.20. The maximum absolute atomic E-state index is 11.9. The second-order valence-electron chi connectivity index (χ2n) is 5.07. The number of carbonyl (C=O) groups is 1. The summed E-state index contributed by atoms with van der Waals surface area (Å²) in [6, 6.07) is 0.386. The van der Waals surface area contributed by atoms with Gasteiger partial charge in [-0.25, -0.2) is 0 Å². The maximum Gasteiger partial charge on any atom is 0.246 e. The van der Waals surface area contributed by atoms with E-state index in [1.54, 1.807) is 0 Å². The van der Waals surface area contributed by atoms with Gasteiger partial charge in [-0.05, 0) is 53.2 Å². The van der Waals surface area contributed by atoms with E-state index >= 15 is 0 Å². The molecule has 0 atom stereocenters. The Morgan fingerprint density at radius 1 is 1.35 bits per heavy atom. The fourth-order valence-electron chi connectivity index (χ4n) is 2.20. The van der Waals surface area contributed by atoms with Crippen LogP contribution in [0.25, 0.3) is 0 Å². The van der Waals surface area contributed by atoms with Crippen LogP contribution >= 0.6 is 0 Å². The molecule has 98 valence electrons. The largest absolute Gasteiger partial charge is 0.335 e. The van der Waals surface area contributed by atoms with Gasteiger partial charge in [0.25, 0.3) is 0 Å². The molecule has 0 aromatic carbocycles. The number of hydrogen-bond acceptors (Lipinski definition) is 3. The van der Waals surface area contributed by atoms with Crippen LogP contribution in [0.1, 0.15) is 12.8 Å². The Balaban J connectivity index is 2.56. The summed E-state index contributed by atoms with van der Waals surface area (Å²) in [5.41, 5.74) is 0. The minimum Gasteiger partial charge on any atom is -0.335 e. The van der Waals surface area contributed by atoms with Crippen molar-refractivity contribution >= 4 is 5.91 Å². The van der Waals surface area contributed by atoms with Gasteiger partial charge in [0.2, 0.25) is 5.91 Å². The standard InChI is InChI=1S/C13H25N3O/c1-5-13(17)16(11-10-14(2)3)12-6-8-15(4)9-7-12/h5,12H,1,6-11H2,2-4H3. The van der Waals surface area contributed by atoms with Gasteiger partial charge in [-0.15, -0.1) is 0 Å². The Hall–Kier alpha value is -0.870. The van der Waals surface area contributed by atoms with Crippen molar-refractivity contribution in [2.45, 2.75) is 18.9 Å². The Bertz CT molecular complexity index is 257. The molecule has 0 spiro atoms. The first-order valence-corrected chi connectivity index (χ1v) is 6.31. The second kappa shape index (κ2) is 6.77. The summed E-state index contributed by atoms with van der Waals surface area (Å²) in [6.45, 7) is 7.46. The minimum atomic E-state index is 0.0707. The molecule has 0 radical (unpaired) electrons. The Labute approximate surface area is 105 Å². The van der Waals surface area contributed by atoms with Gasteiger partial charge < -0.3 is 14.7 Å². The van der Waals surface area contributed by atoms with Crippen LogP contribution in [0.2, 0.25) is 0 Å². The monoisotopic (exact) mass is 239 g/mol. The molecule has 4 heteroatoms. The predicted octanol–water partition coefficient (Wildman–Crippen LogP) is 0.657. The number of hydrogen-bond donors (Lipinski definition) is 0. The van der Waals surface area contributed by atoms with E-state index in [9.17, 15) is 4.79 Å². The SMILES string of the molecule is C=CC(=O)N(CCN(C)C)C1CCN(C)CC1. The van der Waals surface area contributed by atoms with Gasteiger partial charge in [0.1, 0.15) is 0 Å². The molecular weight excluding hydrogens is 214 g/mol. The quantitative estimate of drug-likeness (QED) is 0.659. The smallest absolute Gasteiger partial charge is 0.246 e. The molecule has 1 aliphatic heterocycles. The molecule has 1 saturated heterocycles. The highest BCUT2D eigenvalue weighted by molar-refractivity contribution is 5.87. The van der Waals surface area contributed by atoms with E-state index in [4.69, 9.17) is 0 Å². The second-order valence-corrected chi connectivity index (χ2v) is 5.07. The van der Waals surface area contributed by atoms with Crippen LogP contribution in [0.4, 0.5) is 0 Å². The molecule has 1 rings (SSSR count). The molecule has 4 nitrogen and oxygen atoms in total. The summed E-state index contributed by atoms with van der Waals surface area (Å²) in [4.78, 5) is 18.3. The van der Waals surface area contributed by atoms with Crippen LogP contribution < -0.4 is 0 Å². The fraction of sp³-hybridized carbons (Fsp3) is 0.769. The Morgan fingerprint density at radius 2 is 1.94 bits per heavy atom. The van der Waals surface area contributed by atoms with E-state index in [2.05, 4.69) is 23.4 Å². The zero-order valence-corrected chi connectivity index (χ0v) is 11.4. The van der Waals surface area contributed by atoms with Gasteiger partial charge in [0, 0.05) is 19.1 Å². The third-order valence-electron chi connectivity index (χ3n) is 3.37. The van der Waals surface area contributed by atoms with Gasteiger partial charge in [-0.1, -0.05) is 6.58 Å². The van der Waals surface area contributed by atoms with Crippen molar-refractivity contribution in [3.8, 4) is 0 Å². The molecule has 0 aliphatic carbocycles. The summed E-state index contributed by atoms with van der Waals surface area (Å²) in [5, 5.41) is 0. The van der Waals surface area contributed by atoms with Gasteiger partial charge in [-0.3, -0.25) is 4.79 Å². The van der Waals surface area contributed by atoms with E-state index < -0.39 is 0 Å². The molecule has 1 heterocycles. The maximum atomic E-state index is 11.9. The number of nitrogens with zero attached hydrogens (tertiary/aromatic N) is 3. The highest BCUT2D eigenvalue weighted by Crippen LogP contribution is 2.15. The fourth-order valence-corrected chi connectivity index (χ4v) is 2.20. The minimum absolute atomic E-state index is 0.0707. The summed E-state index contributed by atoms with van der Waals surface area (Å²) < 4.78 is 0. The summed E-state index contributed by atoms with van der Waals surface area (Å²) >= 11 is 0. The van der Waals surface area contributed by atoms with Crippen LogP contribution in [0.3, 0.4) is 0 Å². The molecule has 17 heavy (non-hydrogen) atoms. The Kier molecular flexibility index (Phi) is 5.65. The van der Waals surface area contributed by atoms with Crippen molar-refractivity contribution in [1.29, 1.82) is 0 Å². The predicted molar refractivity (Wildman–Crippen MR) is 71.0 cm³/mol. The van der Waals surface area contributed by atoms with Gasteiger partial charge >= 0.3 is 0 Å². The number of carbonyl (C=O) groups excluding carboxylic acids is 1. The van der Waals surface area contributed by atoms with Crippen molar-refractivity contribution < 1.29 is 4.79 Å². The van der Waals surface area contributed by atoms with E-state index in [-0.39, 0.29) is 5.91 Å². The normalized spacial score (nSPS) is 18.4. The zero-order chi connectivity index (χ0) is 12.8. The van der Waals surface area contributed by atoms with E-state index in [0.717, 1.165) is 39.0 Å². The van der Waals surface area contributed by atoms with Crippen molar-refractivity contribution in [3.63, 3.8) is 0 Å². The highest BCUT2D eigenvalue weighted by atomic mass is 16.2. The topological polar surface area (TPSA) is 26.8 Å². The average Bonchev–Trinajstić information content (AvgIpc) is 2.30. The van der Waals surface area contributed by atoms with Crippen LogP contribution in [0, 0.1) is 0 Å². The van der Waals surface area contributed by atoms with Crippen molar-refractivity contribution in [2.75, 3.05) is 47.3 Å². The first kappa shape index (κ1) is 14.2. The average molecular weight is 239 g/mol. The number of piperidine rings is 1. The lowest BCUT2D eigenvalue weighted by Crippen LogP contribution is -2.48. The van der Waals surface area contributed by atoms with Crippen LogP contribution in [-0.2, 0) is 4.79 Å². The van der Waals surface area contributed by atoms with Crippen LogP contribution in [0.15, 0.2) is 12.7 Å². The van der Waals surface area contributed by atoms with E-state index in [1.165, 1.54) is 6.08 Å². The zero-order valence-electron chi connectivity index (χ0n) is 11.4. The van der Waals surface area contributed by atoms with Crippen molar-refractivity contribution in [2.24, 2.45) is 0 Å². The molecule has 0 bridgehead atoms. The van der Waals surface area contributed by atoms with E-state index in [0.29, 0.717) is 6.04 Å². The lowest BCUT2D eigenvalue weighted by molar-refractivity contribution is -0.129. The third kappa shape index (κ3) is 4.48. The van der Waals surface area contributed by atoms with Gasteiger partial charge in [0.15, 0.2) is 0 Å². The van der Waals surface area contributed by atoms with Crippen LogP contribution in [-0.4, -0.2) is 74.0 Å². The van der Waals surface area contributed by atoms with Gasteiger partial charge in [-0.2, -0.15) is 0 Å². The number of likely N-dealkylation sites (N-methyl/N-ethyl adjacent to an activating group) is 1. The first-order valence-electron chi connectivity index (χ1n) is 6.31. The first-order chi connectivity index (χ1) is 8.04. The Morgan fingerprint density at radius 3 is 2.41 bits per heavy atom. The number of likely N-dealkylation sites (tertiary alicyclic amines) is 1. The lowest BCUT2D eigenvalue weighted by Gasteiger charge is -2.37. The highest BCUT2D eigenvalue weighted by Gasteiger charge is 2.25. The van der Waals surface area contributed by atoms with Crippen LogP contribution in [0.5, 0.6) is 0 Å². The third-order valence-corrected chi connectivity index (χ3v) is 3.37. The number of rotatable bonds is 5. The molecule has 0 aromatic rings. The summed E-state index contributed by atoms with van der Waals surface area (Å²) in [6.07, 6.45) is 3.58. The molecule has 0 N–H and O–H groups in total. The molecule has 1 fully saturated rings. The van der Waals surface area contributed by atoms with Gasteiger partial charge in [0.05, 0.1) is 0 Å². The molecule has 1 amide bonds. The molecule has 0 saturated carbocycles. The molecule has 0 aromatic heterocycles. The summed E-state index contributed by atoms with van der Waals surface area (Å²) in [5.74, 6) is 0.0707. The van der Waals surface area contributed by atoms with E-state index in [1.807, 2.05) is 19.0 Å². The lowest BCUT2D eigenvalue weighted by atomic mass is 10.0. The molecular formula is C13H25N3O. The van der Waals surface area contributed by atoms with Crippen molar-refractivity contribution in [3.05, 3.63) is 12.7 Å². The molecule has 0 unspecified atom stereocenters.